The number of rotatable bonds is 3. The van der Waals surface area contributed by atoms with Crippen LogP contribution in [-0.4, -0.2) is 46.1 Å². The number of likely N-dealkylation sites (tertiary alicyclic amines) is 2. The fourth-order valence-corrected chi connectivity index (χ4v) is 6.67. The average molecular weight is 433 g/mol. The second kappa shape index (κ2) is 7.43. The third-order valence-corrected chi connectivity index (χ3v) is 9.62. The van der Waals surface area contributed by atoms with Crippen molar-refractivity contribution in [1.29, 1.82) is 0 Å². The van der Waals surface area contributed by atoms with Gasteiger partial charge in [-0.25, -0.2) is 0 Å². The lowest BCUT2D eigenvalue weighted by Crippen LogP contribution is -2.46. The van der Waals surface area contributed by atoms with Crippen molar-refractivity contribution in [3.8, 4) is 11.1 Å². The highest BCUT2D eigenvalue weighted by atomic mass is 15.3. The molecule has 32 heavy (non-hydrogen) atoms. The Morgan fingerprint density at radius 2 is 0.812 bits per heavy atom. The van der Waals surface area contributed by atoms with Gasteiger partial charge in [0.2, 0.25) is 0 Å². The quantitative estimate of drug-likeness (QED) is 0.502. The fraction of sp³-hybridized carbons (Fsp3) is 0.600. The molecule has 2 heterocycles. The van der Waals surface area contributed by atoms with Crippen LogP contribution in [0.1, 0.15) is 91.2 Å². The molecule has 0 N–H and O–H groups in total. The van der Waals surface area contributed by atoms with E-state index in [1.807, 2.05) is 0 Å². The topological polar surface area (TPSA) is 6.48 Å². The highest BCUT2D eigenvalue weighted by Gasteiger charge is 2.50. The van der Waals surface area contributed by atoms with Gasteiger partial charge in [-0.15, -0.1) is 0 Å². The third kappa shape index (κ3) is 3.64. The van der Waals surface area contributed by atoms with Gasteiger partial charge < -0.3 is 0 Å². The molecule has 2 atom stereocenters. The maximum absolute atomic E-state index is 2.56. The van der Waals surface area contributed by atoms with Crippen LogP contribution in [0.4, 0.5) is 0 Å². The summed E-state index contributed by atoms with van der Waals surface area (Å²) in [4.78, 5) is 5.11. The maximum Gasteiger partial charge on any atom is 0.0224 e. The van der Waals surface area contributed by atoms with Crippen molar-refractivity contribution in [3.63, 3.8) is 0 Å². The molecule has 0 amide bonds. The molecular weight excluding hydrogens is 388 g/mol. The molecule has 174 valence electrons. The maximum atomic E-state index is 2.56. The molecule has 0 bridgehead atoms. The van der Waals surface area contributed by atoms with Gasteiger partial charge >= 0.3 is 0 Å². The number of benzene rings is 2. The third-order valence-electron chi connectivity index (χ3n) is 9.62. The lowest BCUT2D eigenvalue weighted by molar-refractivity contribution is 0.110. The van der Waals surface area contributed by atoms with Crippen LogP contribution in [0.5, 0.6) is 0 Å². The molecular formula is C30H44N2. The first-order chi connectivity index (χ1) is 14.7. The van der Waals surface area contributed by atoms with Crippen molar-refractivity contribution >= 4 is 0 Å². The van der Waals surface area contributed by atoms with Gasteiger partial charge in [0, 0.05) is 34.0 Å². The molecule has 2 aromatic carbocycles. The van der Waals surface area contributed by atoms with Crippen LogP contribution < -0.4 is 0 Å². The van der Waals surface area contributed by atoms with Gasteiger partial charge in [0.1, 0.15) is 0 Å². The summed E-state index contributed by atoms with van der Waals surface area (Å²) in [6.45, 7) is 19.0. The van der Waals surface area contributed by atoms with Crippen molar-refractivity contribution < 1.29 is 0 Å². The lowest BCUT2D eigenvalue weighted by Gasteiger charge is -2.38. The molecule has 2 aliphatic rings. The molecule has 2 aromatic rings. The zero-order chi connectivity index (χ0) is 23.7. The van der Waals surface area contributed by atoms with E-state index >= 15 is 0 Å². The normalized spacial score (nSPS) is 28.8. The molecule has 0 saturated carbocycles. The number of nitrogens with zero attached hydrogens (tertiary/aromatic N) is 2. The Kier molecular flexibility index (Phi) is 5.46. The second-order valence-electron chi connectivity index (χ2n) is 12.8. The molecule has 4 rings (SSSR count). The van der Waals surface area contributed by atoms with Crippen molar-refractivity contribution in [1.82, 2.24) is 9.80 Å². The minimum atomic E-state index is 0.168. The minimum absolute atomic E-state index is 0.168. The van der Waals surface area contributed by atoms with E-state index in [1.54, 1.807) is 0 Å². The summed E-state index contributed by atoms with van der Waals surface area (Å²) >= 11 is 0. The van der Waals surface area contributed by atoms with E-state index in [1.165, 1.54) is 35.1 Å². The molecule has 2 nitrogen and oxygen atoms in total. The van der Waals surface area contributed by atoms with Crippen LogP contribution in [0.3, 0.4) is 0 Å². The predicted octanol–water partition coefficient (Wildman–Crippen LogP) is 7.31. The first-order valence-electron chi connectivity index (χ1n) is 12.4. The highest BCUT2D eigenvalue weighted by Crippen LogP contribution is 2.50. The fourth-order valence-electron chi connectivity index (χ4n) is 6.67. The Balaban J connectivity index is 1.55. The van der Waals surface area contributed by atoms with Crippen LogP contribution in [0, 0.1) is 0 Å². The molecule has 2 aliphatic heterocycles. The summed E-state index contributed by atoms with van der Waals surface area (Å²) in [6.07, 6.45) is 2.40. The Morgan fingerprint density at radius 3 is 1.03 bits per heavy atom. The van der Waals surface area contributed by atoms with Crippen LogP contribution in [0.15, 0.2) is 48.5 Å². The van der Waals surface area contributed by atoms with E-state index < -0.39 is 0 Å². The summed E-state index contributed by atoms with van der Waals surface area (Å²) in [5.41, 5.74) is 6.36. The van der Waals surface area contributed by atoms with Crippen LogP contribution in [-0.2, 0) is 0 Å². The average Bonchev–Trinajstić information content (AvgIpc) is 3.01. The molecule has 0 radical (unpaired) electrons. The lowest BCUT2D eigenvalue weighted by atomic mass is 9.80. The summed E-state index contributed by atoms with van der Waals surface area (Å²) in [5, 5.41) is 0. The largest absolute Gasteiger partial charge is 0.295 e. The van der Waals surface area contributed by atoms with E-state index in [0.717, 1.165) is 0 Å². The van der Waals surface area contributed by atoms with E-state index in [4.69, 9.17) is 0 Å². The monoisotopic (exact) mass is 432 g/mol. The Bertz CT molecular complexity index is 881. The number of hydrogen-bond donors (Lipinski definition) is 0. The first kappa shape index (κ1) is 23.5. The van der Waals surface area contributed by atoms with Gasteiger partial charge in [0.15, 0.2) is 0 Å². The highest BCUT2D eigenvalue weighted by molar-refractivity contribution is 5.64. The summed E-state index contributed by atoms with van der Waals surface area (Å²) < 4.78 is 0. The SMILES string of the molecule is CN1C(C)(C)CC(c2ccc(-c3ccc(C4CC(C)(C)N(C)C4(C)C)cc3)cc2)C1(C)C. The van der Waals surface area contributed by atoms with Crippen molar-refractivity contribution in [2.75, 3.05) is 14.1 Å². The van der Waals surface area contributed by atoms with E-state index in [-0.39, 0.29) is 22.2 Å². The first-order valence-corrected chi connectivity index (χ1v) is 12.4. The minimum Gasteiger partial charge on any atom is -0.295 e. The van der Waals surface area contributed by atoms with Crippen LogP contribution >= 0.6 is 0 Å². The molecule has 0 aromatic heterocycles. The Morgan fingerprint density at radius 1 is 0.531 bits per heavy atom. The van der Waals surface area contributed by atoms with Gasteiger partial charge in [-0.1, -0.05) is 48.5 Å². The smallest absolute Gasteiger partial charge is 0.0224 e. The predicted molar refractivity (Wildman–Crippen MR) is 138 cm³/mol. The zero-order valence-corrected chi connectivity index (χ0v) is 22.1. The van der Waals surface area contributed by atoms with E-state index in [9.17, 15) is 0 Å². The molecule has 2 heteroatoms. The van der Waals surface area contributed by atoms with Crippen molar-refractivity contribution in [3.05, 3.63) is 59.7 Å². The zero-order valence-electron chi connectivity index (χ0n) is 22.1. The molecule has 2 fully saturated rings. The molecule has 0 aliphatic carbocycles. The van der Waals surface area contributed by atoms with Gasteiger partial charge in [-0.2, -0.15) is 0 Å². The summed E-state index contributed by atoms with van der Waals surface area (Å²) in [5.74, 6) is 1.12. The van der Waals surface area contributed by atoms with E-state index in [2.05, 4.69) is 128 Å². The van der Waals surface area contributed by atoms with Gasteiger partial charge in [-0.05, 0) is 105 Å². The molecule has 2 unspecified atom stereocenters. The summed E-state index contributed by atoms with van der Waals surface area (Å²) in [7, 11) is 4.56. The van der Waals surface area contributed by atoms with E-state index in [0.29, 0.717) is 11.8 Å². The number of likely N-dealkylation sites (N-methyl/N-ethyl adjacent to an activating group) is 2. The Labute approximate surface area is 197 Å². The molecule has 0 spiro atoms. The standard InChI is InChI=1S/C30H44N2/c1-27(2)19-25(29(5,6)31(27)9)23-15-11-21(12-16-23)22-13-17-24(18-14-22)26-20-28(3,4)32(10)30(26,7)8/h11-18,25-26H,19-20H2,1-10H3. The Hall–Kier alpha value is -1.64. The van der Waals surface area contributed by atoms with Crippen molar-refractivity contribution in [2.24, 2.45) is 0 Å². The van der Waals surface area contributed by atoms with Crippen LogP contribution in [0.2, 0.25) is 0 Å². The van der Waals surface area contributed by atoms with Crippen LogP contribution in [0.25, 0.3) is 11.1 Å². The number of hydrogen-bond acceptors (Lipinski definition) is 2. The van der Waals surface area contributed by atoms with Gasteiger partial charge in [0.25, 0.3) is 0 Å². The van der Waals surface area contributed by atoms with Gasteiger partial charge in [0.05, 0.1) is 0 Å². The van der Waals surface area contributed by atoms with Crippen molar-refractivity contribution in [2.45, 2.75) is 102 Å². The molecule has 2 saturated heterocycles. The van der Waals surface area contributed by atoms with Gasteiger partial charge in [-0.3, -0.25) is 9.80 Å². The summed E-state index contributed by atoms with van der Waals surface area (Å²) in [6, 6.07) is 18.7. The second-order valence-corrected chi connectivity index (χ2v) is 12.8.